The van der Waals surface area contributed by atoms with Gasteiger partial charge in [0.15, 0.2) is 11.8 Å². The van der Waals surface area contributed by atoms with Crippen LogP contribution in [0, 0.1) is 0 Å². The average Bonchev–Trinajstić information content (AvgIpc) is 2.45. The van der Waals surface area contributed by atoms with Crippen molar-refractivity contribution in [2.45, 2.75) is 31.6 Å². The zero-order chi connectivity index (χ0) is 14.6. The Morgan fingerprint density at radius 1 is 1.50 bits per heavy atom. The first-order valence-electron chi connectivity index (χ1n) is 7.12. The maximum Gasteiger partial charge on any atom is 0.247 e. The van der Waals surface area contributed by atoms with Crippen LogP contribution in [0.1, 0.15) is 25.3 Å². The van der Waals surface area contributed by atoms with E-state index < -0.39 is 17.7 Å². The van der Waals surface area contributed by atoms with Gasteiger partial charge in [-0.2, -0.15) is 0 Å². The lowest BCUT2D eigenvalue weighted by molar-refractivity contribution is -0.141. The fraction of sp³-hybridized carbons (Fsp3) is 0.533. The van der Waals surface area contributed by atoms with Gasteiger partial charge in [0.25, 0.3) is 0 Å². The number of carbonyl (C=O) groups excluding carboxylic acids is 1. The van der Waals surface area contributed by atoms with E-state index in [1.807, 2.05) is 11.0 Å². The largest absolute Gasteiger partial charge is 0.368 e. The lowest BCUT2D eigenvalue weighted by Crippen LogP contribution is -2.68. The highest BCUT2D eigenvalue weighted by Gasteiger charge is 2.53. The van der Waals surface area contributed by atoms with Crippen LogP contribution in [0.15, 0.2) is 30.3 Å². The standard InChI is InChI=1S/C15H22FN3O/c1-2-3-10-19-11-9-18-13(16)15(19,14(17)20)12-7-5-4-6-8-12/h4-8,13,18H,2-3,9-11H2,1H3,(H2,17,20). The fourth-order valence-corrected chi connectivity index (χ4v) is 2.89. The quantitative estimate of drug-likeness (QED) is 0.800. The molecule has 0 radical (unpaired) electrons. The monoisotopic (exact) mass is 279 g/mol. The molecule has 0 spiro atoms. The molecule has 2 unspecified atom stereocenters. The van der Waals surface area contributed by atoms with Crippen molar-refractivity contribution >= 4 is 5.91 Å². The predicted molar refractivity (Wildman–Crippen MR) is 76.7 cm³/mol. The van der Waals surface area contributed by atoms with E-state index in [1.165, 1.54) is 0 Å². The van der Waals surface area contributed by atoms with Gasteiger partial charge in [0.05, 0.1) is 0 Å². The van der Waals surface area contributed by atoms with Crippen molar-refractivity contribution in [3.05, 3.63) is 35.9 Å². The third-order valence-electron chi connectivity index (χ3n) is 3.94. The van der Waals surface area contributed by atoms with Crippen molar-refractivity contribution in [1.82, 2.24) is 10.2 Å². The maximum atomic E-state index is 14.7. The van der Waals surface area contributed by atoms with E-state index >= 15 is 0 Å². The van der Waals surface area contributed by atoms with Crippen molar-refractivity contribution in [1.29, 1.82) is 0 Å². The van der Waals surface area contributed by atoms with E-state index in [9.17, 15) is 9.18 Å². The van der Waals surface area contributed by atoms with Gasteiger partial charge >= 0.3 is 0 Å². The number of hydrogen-bond donors (Lipinski definition) is 2. The van der Waals surface area contributed by atoms with Crippen LogP contribution in [0.25, 0.3) is 0 Å². The van der Waals surface area contributed by atoms with Gasteiger partial charge in [0, 0.05) is 13.1 Å². The Bertz CT molecular complexity index is 454. The highest BCUT2D eigenvalue weighted by Crippen LogP contribution is 2.35. The molecule has 1 amide bonds. The van der Waals surface area contributed by atoms with E-state index in [-0.39, 0.29) is 0 Å². The Kier molecular flexibility index (Phi) is 4.73. The second-order valence-corrected chi connectivity index (χ2v) is 5.15. The minimum atomic E-state index is -1.49. The topological polar surface area (TPSA) is 58.4 Å². The number of unbranched alkanes of at least 4 members (excludes halogenated alkanes) is 1. The molecule has 1 aliphatic rings. The van der Waals surface area contributed by atoms with E-state index in [0.717, 1.165) is 12.8 Å². The first-order valence-corrected chi connectivity index (χ1v) is 7.12. The molecule has 1 aromatic carbocycles. The van der Waals surface area contributed by atoms with Gasteiger partial charge in [0.1, 0.15) is 0 Å². The summed E-state index contributed by atoms with van der Waals surface area (Å²) in [5.41, 5.74) is 4.83. The van der Waals surface area contributed by atoms with Crippen LogP contribution in [-0.2, 0) is 10.3 Å². The number of hydrogen-bond acceptors (Lipinski definition) is 3. The van der Waals surface area contributed by atoms with Crippen LogP contribution < -0.4 is 11.1 Å². The van der Waals surface area contributed by atoms with Crippen molar-refractivity contribution in [2.24, 2.45) is 5.73 Å². The summed E-state index contributed by atoms with van der Waals surface area (Å²) in [4.78, 5) is 14.0. The van der Waals surface area contributed by atoms with Crippen molar-refractivity contribution in [2.75, 3.05) is 19.6 Å². The molecule has 1 fully saturated rings. The van der Waals surface area contributed by atoms with Crippen LogP contribution in [0.3, 0.4) is 0 Å². The van der Waals surface area contributed by atoms with E-state index in [4.69, 9.17) is 5.73 Å². The molecule has 0 bridgehead atoms. The minimum Gasteiger partial charge on any atom is -0.368 e. The van der Waals surface area contributed by atoms with E-state index in [1.54, 1.807) is 24.3 Å². The number of benzene rings is 1. The minimum absolute atomic E-state index is 0.521. The highest BCUT2D eigenvalue weighted by atomic mass is 19.1. The molecule has 0 aromatic heterocycles. The predicted octanol–water partition coefficient (Wildman–Crippen LogP) is 1.37. The molecule has 20 heavy (non-hydrogen) atoms. The maximum absolute atomic E-state index is 14.7. The van der Waals surface area contributed by atoms with Crippen LogP contribution in [-0.4, -0.2) is 36.7 Å². The average molecular weight is 279 g/mol. The molecule has 2 rings (SSSR count). The molecule has 5 heteroatoms. The third-order valence-corrected chi connectivity index (χ3v) is 3.94. The summed E-state index contributed by atoms with van der Waals surface area (Å²) < 4.78 is 14.7. The molecule has 110 valence electrons. The summed E-state index contributed by atoms with van der Waals surface area (Å²) in [6.07, 6.45) is 0.409. The third kappa shape index (κ3) is 2.43. The number of piperazine rings is 1. The van der Waals surface area contributed by atoms with E-state index in [0.29, 0.717) is 25.2 Å². The molecular formula is C15H22FN3O. The normalized spacial score (nSPS) is 27.4. The smallest absolute Gasteiger partial charge is 0.247 e. The summed E-state index contributed by atoms with van der Waals surface area (Å²) in [5, 5.41) is 2.75. The first-order chi connectivity index (χ1) is 9.64. The number of nitrogens with one attached hydrogen (secondary N) is 1. The Labute approximate surface area is 119 Å². The lowest BCUT2D eigenvalue weighted by Gasteiger charge is -2.47. The molecular weight excluding hydrogens is 257 g/mol. The zero-order valence-electron chi connectivity index (χ0n) is 11.8. The molecule has 3 N–H and O–H groups in total. The Morgan fingerprint density at radius 2 is 2.20 bits per heavy atom. The number of primary amides is 1. The number of halogens is 1. The lowest BCUT2D eigenvalue weighted by atomic mass is 9.84. The van der Waals surface area contributed by atoms with Crippen LogP contribution >= 0.6 is 0 Å². The van der Waals surface area contributed by atoms with E-state index in [2.05, 4.69) is 12.2 Å². The number of nitrogens with two attached hydrogens (primary N) is 1. The molecule has 1 saturated heterocycles. The van der Waals surface area contributed by atoms with Crippen molar-refractivity contribution in [3.63, 3.8) is 0 Å². The summed E-state index contributed by atoms with van der Waals surface area (Å²) in [6, 6.07) is 8.99. The van der Waals surface area contributed by atoms with Crippen LogP contribution in [0.2, 0.25) is 0 Å². The summed E-state index contributed by atoms with van der Waals surface area (Å²) in [7, 11) is 0. The molecule has 1 aromatic rings. The summed E-state index contributed by atoms with van der Waals surface area (Å²) in [5.74, 6) is -0.639. The van der Waals surface area contributed by atoms with Gasteiger partial charge in [-0.1, -0.05) is 43.7 Å². The van der Waals surface area contributed by atoms with Crippen molar-refractivity contribution in [3.8, 4) is 0 Å². The molecule has 2 atom stereocenters. The summed E-state index contributed by atoms with van der Waals surface area (Å²) in [6.45, 7) is 3.87. The van der Waals surface area contributed by atoms with Gasteiger partial charge in [-0.25, -0.2) is 4.39 Å². The summed E-state index contributed by atoms with van der Waals surface area (Å²) >= 11 is 0. The number of amides is 1. The van der Waals surface area contributed by atoms with Gasteiger partial charge in [-0.15, -0.1) is 0 Å². The Morgan fingerprint density at radius 3 is 2.80 bits per heavy atom. The zero-order valence-corrected chi connectivity index (χ0v) is 11.8. The second kappa shape index (κ2) is 6.33. The Hall–Kier alpha value is -1.46. The van der Waals surface area contributed by atoms with Crippen LogP contribution in [0.5, 0.6) is 0 Å². The molecule has 0 aliphatic carbocycles. The molecule has 1 aliphatic heterocycles. The highest BCUT2D eigenvalue weighted by molar-refractivity contribution is 5.87. The van der Waals surface area contributed by atoms with Gasteiger partial charge in [0.2, 0.25) is 5.91 Å². The van der Waals surface area contributed by atoms with Crippen molar-refractivity contribution < 1.29 is 9.18 Å². The number of carbonyl (C=O) groups is 1. The first kappa shape index (κ1) is 14.9. The van der Waals surface area contributed by atoms with Gasteiger partial charge in [-0.3, -0.25) is 15.0 Å². The van der Waals surface area contributed by atoms with Gasteiger partial charge in [-0.05, 0) is 18.5 Å². The second-order valence-electron chi connectivity index (χ2n) is 5.15. The fourth-order valence-electron chi connectivity index (χ4n) is 2.89. The number of alkyl halides is 1. The number of nitrogens with zero attached hydrogens (tertiary/aromatic N) is 1. The molecule has 1 heterocycles. The van der Waals surface area contributed by atoms with Gasteiger partial charge < -0.3 is 5.73 Å². The van der Waals surface area contributed by atoms with Crippen LogP contribution in [0.4, 0.5) is 4.39 Å². The number of rotatable bonds is 5. The molecule has 4 nitrogen and oxygen atoms in total. The Balaban J connectivity index is 2.46. The molecule has 0 saturated carbocycles. The SMILES string of the molecule is CCCCN1CCNC(F)C1(C(N)=O)c1ccccc1.